The number of hydrogen-bond donors (Lipinski definition) is 2. The van der Waals surface area contributed by atoms with Crippen LogP contribution < -0.4 is 10.9 Å². The highest BCUT2D eigenvalue weighted by atomic mass is 35.5. The molecule has 0 aliphatic heterocycles. The predicted molar refractivity (Wildman–Crippen MR) is 100.0 cm³/mol. The highest BCUT2D eigenvalue weighted by Gasteiger charge is 2.16. The molecule has 0 saturated heterocycles. The molecule has 1 aromatic heterocycles. The van der Waals surface area contributed by atoms with Gasteiger partial charge in [-0.2, -0.15) is 0 Å². The zero-order valence-corrected chi connectivity index (χ0v) is 14.2. The van der Waals surface area contributed by atoms with E-state index in [1.807, 2.05) is 48.5 Å². The summed E-state index contributed by atoms with van der Waals surface area (Å²) in [7, 11) is 0. The third kappa shape index (κ3) is 4.17. The maximum absolute atomic E-state index is 12.6. The van der Waals surface area contributed by atoms with Crippen LogP contribution in [0.2, 0.25) is 5.02 Å². The predicted octanol–water partition coefficient (Wildman–Crippen LogP) is 3.67. The summed E-state index contributed by atoms with van der Waals surface area (Å²) in [5, 5.41) is 3.48. The van der Waals surface area contributed by atoms with E-state index in [1.165, 1.54) is 0 Å². The molecular weight excluding hydrogens is 336 g/mol. The number of benzene rings is 2. The Hall–Kier alpha value is -2.85. The van der Waals surface area contributed by atoms with E-state index < -0.39 is 5.56 Å². The van der Waals surface area contributed by atoms with Crippen LogP contribution in [0.15, 0.2) is 71.7 Å². The lowest BCUT2D eigenvalue weighted by atomic mass is 10.0. The summed E-state index contributed by atoms with van der Waals surface area (Å²) in [6.45, 7) is 0.418. The van der Waals surface area contributed by atoms with Gasteiger partial charge in [-0.1, -0.05) is 54.1 Å². The van der Waals surface area contributed by atoms with Crippen molar-refractivity contribution in [2.24, 2.45) is 0 Å². The highest BCUT2D eigenvalue weighted by Crippen LogP contribution is 2.20. The number of hydrogen-bond acceptors (Lipinski definition) is 2. The SMILES string of the molecule is O=C(NCCc1cccc(Cl)c1)c1c(-c2ccccc2)cc[nH]c1=O. The van der Waals surface area contributed by atoms with Gasteiger partial charge in [0.1, 0.15) is 5.56 Å². The Balaban J connectivity index is 1.77. The fourth-order valence-corrected chi connectivity index (χ4v) is 2.88. The first kappa shape index (κ1) is 17.0. The molecule has 25 heavy (non-hydrogen) atoms. The maximum Gasteiger partial charge on any atom is 0.261 e. The van der Waals surface area contributed by atoms with Crippen LogP contribution in [-0.2, 0) is 6.42 Å². The Morgan fingerprint density at radius 3 is 2.60 bits per heavy atom. The number of aromatic amines is 1. The van der Waals surface area contributed by atoms with E-state index in [2.05, 4.69) is 10.3 Å². The van der Waals surface area contributed by atoms with E-state index >= 15 is 0 Å². The second kappa shape index (κ2) is 7.81. The normalized spacial score (nSPS) is 10.4. The van der Waals surface area contributed by atoms with Crippen LogP contribution in [0.1, 0.15) is 15.9 Å². The van der Waals surface area contributed by atoms with Crippen LogP contribution in [0.3, 0.4) is 0 Å². The monoisotopic (exact) mass is 352 g/mol. The van der Waals surface area contributed by atoms with Crippen molar-refractivity contribution in [1.82, 2.24) is 10.3 Å². The number of pyridine rings is 1. The Labute approximate surface area is 150 Å². The minimum atomic E-state index is -0.401. The van der Waals surface area contributed by atoms with E-state index in [0.717, 1.165) is 11.1 Å². The number of H-pyrrole nitrogens is 1. The van der Waals surface area contributed by atoms with Gasteiger partial charge in [0.05, 0.1) is 0 Å². The van der Waals surface area contributed by atoms with Gasteiger partial charge in [-0.25, -0.2) is 0 Å². The van der Waals surface area contributed by atoms with Crippen LogP contribution in [0.4, 0.5) is 0 Å². The minimum Gasteiger partial charge on any atom is -0.352 e. The molecule has 0 spiro atoms. The number of aromatic nitrogens is 1. The third-order valence-corrected chi connectivity index (χ3v) is 4.10. The molecule has 3 rings (SSSR count). The lowest BCUT2D eigenvalue weighted by molar-refractivity contribution is 0.0953. The fraction of sp³-hybridized carbons (Fsp3) is 0.100. The van der Waals surface area contributed by atoms with Crippen molar-refractivity contribution in [1.29, 1.82) is 0 Å². The van der Waals surface area contributed by atoms with Gasteiger partial charge < -0.3 is 10.3 Å². The molecule has 2 aromatic carbocycles. The molecule has 0 fully saturated rings. The fourth-order valence-electron chi connectivity index (χ4n) is 2.66. The van der Waals surface area contributed by atoms with Gasteiger partial charge in [-0.05, 0) is 35.7 Å². The lowest BCUT2D eigenvalue weighted by Gasteiger charge is -2.10. The van der Waals surface area contributed by atoms with E-state index in [9.17, 15) is 9.59 Å². The number of rotatable bonds is 5. The molecule has 4 nitrogen and oxygen atoms in total. The van der Waals surface area contributed by atoms with Gasteiger partial charge in [0.2, 0.25) is 0 Å². The zero-order valence-electron chi connectivity index (χ0n) is 13.5. The van der Waals surface area contributed by atoms with E-state index in [1.54, 1.807) is 18.3 Å². The van der Waals surface area contributed by atoms with E-state index in [-0.39, 0.29) is 11.5 Å². The molecule has 0 radical (unpaired) electrons. The van der Waals surface area contributed by atoms with Crippen molar-refractivity contribution in [3.05, 3.63) is 93.4 Å². The topological polar surface area (TPSA) is 62.0 Å². The van der Waals surface area contributed by atoms with Crippen molar-refractivity contribution in [3.63, 3.8) is 0 Å². The summed E-state index contributed by atoms with van der Waals surface area (Å²) in [5.74, 6) is -0.386. The van der Waals surface area contributed by atoms with E-state index in [4.69, 9.17) is 11.6 Å². The summed E-state index contributed by atoms with van der Waals surface area (Å²) >= 11 is 5.96. The number of halogens is 1. The Bertz CT molecular complexity index is 936. The summed E-state index contributed by atoms with van der Waals surface area (Å²) < 4.78 is 0. The second-order valence-electron chi connectivity index (χ2n) is 5.60. The average molecular weight is 353 g/mol. The number of carbonyl (C=O) groups is 1. The Morgan fingerprint density at radius 1 is 1.04 bits per heavy atom. The third-order valence-electron chi connectivity index (χ3n) is 3.86. The standard InChI is InChI=1S/C20H17ClN2O2/c21-16-8-4-5-14(13-16)9-11-22-19(24)18-17(10-12-23-20(18)25)15-6-2-1-3-7-15/h1-8,10,12-13H,9,11H2,(H,22,24)(H,23,25). The molecule has 0 unspecified atom stereocenters. The molecule has 1 heterocycles. The van der Waals surface area contributed by atoms with Gasteiger partial charge in [0.15, 0.2) is 0 Å². The van der Waals surface area contributed by atoms with Crippen LogP contribution in [0.25, 0.3) is 11.1 Å². The molecule has 0 bridgehead atoms. The summed E-state index contributed by atoms with van der Waals surface area (Å²) in [4.78, 5) is 27.3. The molecule has 1 amide bonds. The quantitative estimate of drug-likeness (QED) is 0.736. The van der Waals surface area contributed by atoms with Gasteiger partial charge in [-0.3, -0.25) is 9.59 Å². The Kier molecular flexibility index (Phi) is 5.31. The van der Waals surface area contributed by atoms with Crippen LogP contribution in [0, 0.1) is 0 Å². The first-order chi connectivity index (χ1) is 12.1. The smallest absolute Gasteiger partial charge is 0.261 e. The second-order valence-corrected chi connectivity index (χ2v) is 6.03. The maximum atomic E-state index is 12.6. The van der Waals surface area contributed by atoms with Gasteiger partial charge in [0, 0.05) is 23.3 Å². The summed E-state index contributed by atoms with van der Waals surface area (Å²) in [6, 6.07) is 18.6. The molecule has 0 aliphatic carbocycles. The highest BCUT2D eigenvalue weighted by molar-refractivity contribution is 6.30. The molecule has 2 N–H and O–H groups in total. The number of carbonyl (C=O) groups excluding carboxylic acids is 1. The van der Waals surface area contributed by atoms with Crippen molar-refractivity contribution in [3.8, 4) is 11.1 Å². The van der Waals surface area contributed by atoms with Crippen LogP contribution in [0.5, 0.6) is 0 Å². The molecule has 0 aliphatic rings. The molecule has 0 saturated carbocycles. The molecule has 0 atom stereocenters. The number of nitrogens with one attached hydrogen (secondary N) is 2. The van der Waals surface area contributed by atoms with Gasteiger partial charge >= 0.3 is 0 Å². The van der Waals surface area contributed by atoms with Crippen molar-refractivity contribution >= 4 is 17.5 Å². The van der Waals surface area contributed by atoms with Gasteiger partial charge in [0.25, 0.3) is 11.5 Å². The lowest BCUT2D eigenvalue weighted by Crippen LogP contribution is -2.31. The summed E-state index contributed by atoms with van der Waals surface area (Å²) in [6.07, 6.45) is 2.19. The van der Waals surface area contributed by atoms with Crippen molar-refractivity contribution < 1.29 is 4.79 Å². The average Bonchev–Trinajstić information content (AvgIpc) is 2.62. The zero-order chi connectivity index (χ0) is 17.6. The number of amides is 1. The largest absolute Gasteiger partial charge is 0.352 e. The van der Waals surface area contributed by atoms with Crippen LogP contribution >= 0.6 is 11.6 Å². The van der Waals surface area contributed by atoms with E-state index in [0.29, 0.717) is 23.6 Å². The summed E-state index contributed by atoms with van der Waals surface area (Å²) in [5.41, 5.74) is 2.19. The van der Waals surface area contributed by atoms with Gasteiger partial charge in [-0.15, -0.1) is 0 Å². The molecule has 5 heteroatoms. The minimum absolute atomic E-state index is 0.125. The van der Waals surface area contributed by atoms with Crippen molar-refractivity contribution in [2.45, 2.75) is 6.42 Å². The first-order valence-electron chi connectivity index (χ1n) is 7.95. The molecular formula is C20H17ClN2O2. The molecule has 3 aromatic rings. The first-order valence-corrected chi connectivity index (χ1v) is 8.33. The van der Waals surface area contributed by atoms with Crippen LogP contribution in [-0.4, -0.2) is 17.4 Å². The Morgan fingerprint density at radius 2 is 1.84 bits per heavy atom. The molecule has 126 valence electrons. The van der Waals surface area contributed by atoms with Crippen molar-refractivity contribution in [2.75, 3.05) is 6.54 Å².